The average molecular weight is 274 g/mol. The molecule has 0 aliphatic carbocycles. The molecule has 1 fully saturated rings. The summed E-state index contributed by atoms with van der Waals surface area (Å²) in [6, 6.07) is 8.98. The van der Waals surface area contributed by atoms with Gasteiger partial charge in [0, 0.05) is 30.7 Å². The number of hydrogen-bond acceptors (Lipinski definition) is 2. The highest BCUT2D eigenvalue weighted by atomic mass is 15.3. The average Bonchev–Trinajstić information content (AvgIpc) is 2.44. The maximum Gasteiger partial charge on any atom is 0.0304 e. The van der Waals surface area contributed by atoms with Gasteiger partial charge >= 0.3 is 0 Å². The van der Waals surface area contributed by atoms with Crippen LogP contribution in [0.4, 0.5) is 0 Å². The summed E-state index contributed by atoms with van der Waals surface area (Å²) in [5.74, 6) is 0. The first-order valence-electron chi connectivity index (χ1n) is 7.96. The molecule has 0 aromatic heterocycles. The second-order valence-electron chi connectivity index (χ2n) is 7.00. The van der Waals surface area contributed by atoms with Crippen LogP contribution in [0.2, 0.25) is 0 Å². The summed E-state index contributed by atoms with van der Waals surface area (Å²) >= 11 is 0. The van der Waals surface area contributed by atoms with Crippen LogP contribution in [-0.2, 0) is 6.54 Å². The van der Waals surface area contributed by atoms with Gasteiger partial charge in [-0.05, 0) is 39.2 Å². The van der Waals surface area contributed by atoms with Gasteiger partial charge < -0.3 is 5.32 Å². The van der Waals surface area contributed by atoms with Gasteiger partial charge in [0.25, 0.3) is 0 Å². The summed E-state index contributed by atoms with van der Waals surface area (Å²) in [5.41, 5.74) is 3.27. The number of hydrogen-bond donors (Lipinski definition) is 1. The Hall–Kier alpha value is -0.860. The first-order chi connectivity index (χ1) is 9.41. The minimum absolute atomic E-state index is 0.221. The molecule has 0 radical (unpaired) electrons. The Bertz CT molecular complexity index is 429. The Balaban J connectivity index is 2.15. The molecule has 1 aliphatic heterocycles. The van der Waals surface area contributed by atoms with Crippen LogP contribution in [0, 0.1) is 6.92 Å². The van der Waals surface area contributed by atoms with Crippen molar-refractivity contribution in [1.29, 1.82) is 0 Å². The molecule has 1 aliphatic rings. The highest BCUT2D eigenvalue weighted by Gasteiger charge is 2.40. The molecule has 112 valence electrons. The monoisotopic (exact) mass is 274 g/mol. The van der Waals surface area contributed by atoms with Crippen LogP contribution < -0.4 is 5.32 Å². The zero-order valence-electron chi connectivity index (χ0n) is 13.8. The van der Waals surface area contributed by atoms with Gasteiger partial charge in [0.2, 0.25) is 0 Å². The van der Waals surface area contributed by atoms with Crippen molar-refractivity contribution in [3.05, 3.63) is 35.4 Å². The molecular formula is C18H30N2. The van der Waals surface area contributed by atoms with Crippen molar-refractivity contribution in [3.63, 3.8) is 0 Å². The first kappa shape index (κ1) is 15.5. The molecule has 0 amide bonds. The van der Waals surface area contributed by atoms with Gasteiger partial charge in [0.15, 0.2) is 0 Å². The zero-order valence-corrected chi connectivity index (χ0v) is 13.8. The molecule has 0 bridgehead atoms. The standard InChI is InChI=1S/C18H30N2/c1-6-18(7-2)14-20(17(4,5)13-19-18)12-16-10-8-15(3)9-11-16/h8-11,19H,6-7,12-14H2,1-5H3. The van der Waals surface area contributed by atoms with Crippen LogP contribution in [0.3, 0.4) is 0 Å². The second-order valence-corrected chi connectivity index (χ2v) is 7.00. The lowest BCUT2D eigenvalue weighted by molar-refractivity contribution is 0.0162. The summed E-state index contributed by atoms with van der Waals surface area (Å²) in [5, 5.41) is 3.81. The van der Waals surface area contributed by atoms with Gasteiger partial charge in [-0.1, -0.05) is 43.7 Å². The van der Waals surface area contributed by atoms with Crippen molar-refractivity contribution in [3.8, 4) is 0 Å². The third-order valence-corrected chi connectivity index (χ3v) is 5.09. The molecule has 1 aromatic carbocycles. The smallest absolute Gasteiger partial charge is 0.0304 e. The van der Waals surface area contributed by atoms with E-state index in [1.165, 1.54) is 24.0 Å². The predicted octanol–water partition coefficient (Wildman–Crippen LogP) is 3.74. The van der Waals surface area contributed by atoms with Crippen LogP contribution in [0.15, 0.2) is 24.3 Å². The van der Waals surface area contributed by atoms with Crippen molar-refractivity contribution < 1.29 is 0 Å². The molecule has 2 heteroatoms. The van der Waals surface area contributed by atoms with Crippen molar-refractivity contribution in [2.45, 2.75) is 65.1 Å². The maximum absolute atomic E-state index is 3.81. The summed E-state index contributed by atoms with van der Waals surface area (Å²) in [6.45, 7) is 14.7. The van der Waals surface area contributed by atoms with Gasteiger partial charge in [-0.25, -0.2) is 0 Å². The normalized spacial score (nSPS) is 21.9. The molecule has 1 aromatic rings. The van der Waals surface area contributed by atoms with E-state index in [-0.39, 0.29) is 5.54 Å². The number of nitrogens with one attached hydrogen (secondary N) is 1. The zero-order chi connectivity index (χ0) is 14.8. The fraction of sp³-hybridized carbons (Fsp3) is 0.667. The van der Waals surface area contributed by atoms with E-state index in [2.05, 4.69) is 69.1 Å². The molecule has 0 unspecified atom stereocenters. The first-order valence-corrected chi connectivity index (χ1v) is 7.96. The molecule has 1 heterocycles. The summed E-state index contributed by atoms with van der Waals surface area (Å²) in [7, 11) is 0. The molecule has 1 N–H and O–H groups in total. The number of rotatable bonds is 4. The van der Waals surface area contributed by atoms with Crippen LogP contribution in [0.5, 0.6) is 0 Å². The van der Waals surface area contributed by atoms with E-state index in [0.717, 1.165) is 19.6 Å². The van der Waals surface area contributed by atoms with Gasteiger partial charge in [-0.3, -0.25) is 4.90 Å². The molecule has 20 heavy (non-hydrogen) atoms. The second kappa shape index (κ2) is 5.87. The Kier molecular flexibility index (Phi) is 4.55. The molecule has 2 nitrogen and oxygen atoms in total. The minimum Gasteiger partial charge on any atom is -0.308 e. The summed E-state index contributed by atoms with van der Waals surface area (Å²) in [4.78, 5) is 2.65. The number of piperazine rings is 1. The molecular weight excluding hydrogens is 244 g/mol. The molecule has 1 saturated heterocycles. The van der Waals surface area contributed by atoms with E-state index in [4.69, 9.17) is 0 Å². The van der Waals surface area contributed by atoms with Gasteiger partial charge in [0.05, 0.1) is 0 Å². The third kappa shape index (κ3) is 3.24. The lowest BCUT2D eigenvalue weighted by Crippen LogP contribution is -2.67. The van der Waals surface area contributed by atoms with Gasteiger partial charge in [-0.2, -0.15) is 0 Å². The van der Waals surface area contributed by atoms with Crippen LogP contribution in [-0.4, -0.2) is 29.1 Å². The lowest BCUT2D eigenvalue weighted by Gasteiger charge is -2.52. The number of aryl methyl sites for hydroxylation is 1. The fourth-order valence-electron chi connectivity index (χ4n) is 3.06. The Morgan fingerprint density at radius 1 is 1.10 bits per heavy atom. The maximum atomic E-state index is 3.81. The molecule has 0 saturated carbocycles. The van der Waals surface area contributed by atoms with E-state index in [1.807, 2.05) is 0 Å². The van der Waals surface area contributed by atoms with Gasteiger partial charge in [0.1, 0.15) is 0 Å². The van der Waals surface area contributed by atoms with E-state index in [9.17, 15) is 0 Å². The van der Waals surface area contributed by atoms with Gasteiger partial charge in [-0.15, -0.1) is 0 Å². The summed E-state index contributed by atoms with van der Waals surface area (Å²) < 4.78 is 0. The van der Waals surface area contributed by atoms with Crippen LogP contribution >= 0.6 is 0 Å². The topological polar surface area (TPSA) is 15.3 Å². The fourth-order valence-corrected chi connectivity index (χ4v) is 3.06. The predicted molar refractivity (Wildman–Crippen MR) is 87.0 cm³/mol. The molecule has 2 rings (SSSR count). The molecule has 0 spiro atoms. The molecule has 0 atom stereocenters. The SMILES string of the molecule is CCC1(CC)CN(Cc2ccc(C)cc2)C(C)(C)CN1. The quantitative estimate of drug-likeness (QED) is 0.900. The number of nitrogens with zero attached hydrogens (tertiary/aromatic N) is 1. The van der Waals surface area contributed by atoms with Crippen molar-refractivity contribution in [1.82, 2.24) is 10.2 Å². The van der Waals surface area contributed by atoms with Crippen molar-refractivity contribution in [2.24, 2.45) is 0 Å². The number of benzene rings is 1. The highest BCUT2D eigenvalue weighted by molar-refractivity contribution is 5.21. The van der Waals surface area contributed by atoms with Crippen LogP contribution in [0.1, 0.15) is 51.7 Å². The Labute approximate surface area is 124 Å². The third-order valence-electron chi connectivity index (χ3n) is 5.09. The van der Waals surface area contributed by atoms with E-state index in [1.54, 1.807) is 0 Å². The largest absolute Gasteiger partial charge is 0.308 e. The Morgan fingerprint density at radius 3 is 2.25 bits per heavy atom. The van der Waals surface area contributed by atoms with E-state index in [0.29, 0.717) is 5.54 Å². The van der Waals surface area contributed by atoms with Crippen molar-refractivity contribution >= 4 is 0 Å². The van der Waals surface area contributed by atoms with E-state index >= 15 is 0 Å². The lowest BCUT2D eigenvalue weighted by atomic mass is 9.84. The summed E-state index contributed by atoms with van der Waals surface area (Å²) in [6.07, 6.45) is 2.40. The van der Waals surface area contributed by atoms with Crippen molar-refractivity contribution in [2.75, 3.05) is 13.1 Å². The van der Waals surface area contributed by atoms with Crippen LogP contribution in [0.25, 0.3) is 0 Å². The highest BCUT2D eigenvalue weighted by Crippen LogP contribution is 2.29. The minimum atomic E-state index is 0.221. The Morgan fingerprint density at radius 2 is 1.70 bits per heavy atom. The van der Waals surface area contributed by atoms with E-state index < -0.39 is 0 Å².